The van der Waals surface area contributed by atoms with Gasteiger partial charge in [-0.05, 0) is 48.0 Å². The number of carbonyl (C=O) groups excluding carboxylic acids is 2. The van der Waals surface area contributed by atoms with Crippen molar-refractivity contribution in [2.75, 3.05) is 29.1 Å². The molecule has 8 nitrogen and oxygen atoms in total. The van der Waals surface area contributed by atoms with Crippen LogP contribution in [0.3, 0.4) is 0 Å². The third-order valence-corrected chi connectivity index (χ3v) is 4.82. The van der Waals surface area contributed by atoms with Gasteiger partial charge in [0.1, 0.15) is 6.10 Å². The molecule has 31 heavy (non-hydrogen) atoms. The molecule has 0 aliphatic carbocycles. The van der Waals surface area contributed by atoms with E-state index in [1.54, 1.807) is 60.9 Å². The number of nitrogens with one attached hydrogen (secondary N) is 1. The number of carbonyl (C=O) groups is 2. The highest BCUT2D eigenvalue weighted by Crippen LogP contribution is 2.23. The zero-order valence-corrected chi connectivity index (χ0v) is 16.7. The fourth-order valence-corrected chi connectivity index (χ4v) is 3.21. The lowest BCUT2D eigenvalue weighted by atomic mass is 10.1. The van der Waals surface area contributed by atoms with Crippen molar-refractivity contribution in [3.05, 3.63) is 84.2 Å². The van der Waals surface area contributed by atoms with Crippen molar-refractivity contribution in [2.24, 2.45) is 0 Å². The van der Waals surface area contributed by atoms with Crippen molar-refractivity contribution < 1.29 is 19.1 Å². The molecule has 158 valence electrons. The summed E-state index contributed by atoms with van der Waals surface area (Å²) in [5.74, 6) is -0.282. The van der Waals surface area contributed by atoms with Gasteiger partial charge < -0.3 is 20.5 Å². The van der Waals surface area contributed by atoms with E-state index in [1.807, 2.05) is 12.1 Å². The number of rotatable bonds is 7. The van der Waals surface area contributed by atoms with E-state index in [-0.39, 0.29) is 18.6 Å². The molecule has 1 atom stereocenters. The Labute approximate surface area is 179 Å². The summed E-state index contributed by atoms with van der Waals surface area (Å²) in [5.41, 5.74) is 8.96. The van der Waals surface area contributed by atoms with Crippen LogP contribution in [-0.2, 0) is 16.1 Å². The van der Waals surface area contributed by atoms with Crippen molar-refractivity contribution in [1.82, 2.24) is 4.98 Å². The highest BCUT2D eigenvalue weighted by Gasteiger charge is 2.32. The zero-order valence-electron chi connectivity index (χ0n) is 16.7. The summed E-state index contributed by atoms with van der Waals surface area (Å²) in [4.78, 5) is 30.3. The predicted octanol–water partition coefficient (Wildman–Crippen LogP) is 3.46. The minimum atomic E-state index is -0.441. The van der Waals surface area contributed by atoms with Gasteiger partial charge in [0, 0.05) is 23.6 Å². The first-order chi connectivity index (χ1) is 15.1. The molecule has 1 aliphatic heterocycles. The maximum Gasteiger partial charge on any atom is 0.414 e. The molecule has 1 aliphatic rings. The van der Waals surface area contributed by atoms with Gasteiger partial charge >= 0.3 is 6.09 Å². The third-order valence-electron chi connectivity index (χ3n) is 4.82. The molecule has 2 heterocycles. The van der Waals surface area contributed by atoms with E-state index < -0.39 is 6.09 Å². The number of ether oxygens (including phenoxy) is 2. The molecule has 0 spiro atoms. The van der Waals surface area contributed by atoms with Crippen LogP contribution in [0.2, 0.25) is 0 Å². The van der Waals surface area contributed by atoms with Crippen LogP contribution >= 0.6 is 0 Å². The Morgan fingerprint density at radius 2 is 1.97 bits per heavy atom. The molecule has 3 aromatic rings. The average molecular weight is 418 g/mol. The second kappa shape index (κ2) is 9.27. The van der Waals surface area contributed by atoms with E-state index in [0.29, 0.717) is 35.8 Å². The molecule has 1 unspecified atom stereocenters. The number of nitrogens with zero attached hydrogens (tertiary/aromatic N) is 2. The van der Waals surface area contributed by atoms with Crippen molar-refractivity contribution in [3.8, 4) is 0 Å². The van der Waals surface area contributed by atoms with Gasteiger partial charge in [-0.1, -0.05) is 18.2 Å². The third kappa shape index (κ3) is 4.99. The maximum atomic E-state index is 12.5. The van der Waals surface area contributed by atoms with Crippen LogP contribution in [0.25, 0.3) is 0 Å². The van der Waals surface area contributed by atoms with Crippen LogP contribution in [0.1, 0.15) is 15.9 Å². The Kier molecular flexibility index (Phi) is 6.09. The molecule has 8 heteroatoms. The molecule has 1 aromatic heterocycles. The van der Waals surface area contributed by atoms with E-state index in [1.165, 1.54) is 4.90 Å². The van der Waals surface area contributed by atoms with Crippen LogP contribution in [0.4, 0.5) is 21.9 Å². The molecule has 2 amide bonds. The largest absolute Gasteiger partial charge is 0.441 e. The monoisotopic (exact) mass is 418 g/mol. The van der Waals surface area contributed by atoms with Gasteiger partial charge in [0.05, 0.1) is 31.1 Å². The lowest BCUT2D eigenvalue weighted by Crippen LogP contribution is -2.26. The van der Waals surface area contributed by atoms with Crippen molar-refractivity contribution in [2.45, 2.75) is 12.7 Å². The number of pyridine rings is 1. The van der Waals surface area contributed by atoms with Crippen LogP contribution in [0, 0.1) is 0 Å². The summed E-state index contributed by atoms with van der Waals surface area (Å²) in [6, 6.07) is 17.5. The van der Waals surface area contributed by atoms with E-state index in [2.05, 4.69) is 10.3 Å². The number of cyclic esters (lactones) is 1. The Morgan fingerprint density at radius 1 is 1.16 bits per heavy atom. The Morgan fingerprint density at radius 3 is 2.71 bits per heavy atom. The summed E-state index contributed by atoms with van der Waals surface area (Å²) < 4.78 is 11.0. The summed E-state index contributed by atoms with van der Waals surface area (Å²) in [5, 5.41) is 2.78. The van der Waals surface area contributed by atoms with Gasteiger partial charge in [-0.25, -0.2) is 4.79 Å². The molecule has 3 N–H and O–H groups in total. The molecule has 0 saturated carbocycles. The van der Waals surface area contributed by atoms with Gasteiger partial charge in [0.2, 0.25) is 0 Å². The number of amides is 2. The maximum absolute atomic E-state index is 12.5. The minimum absolute atomic E-state index is 0.282. The molecule has 1 saturated heterocycles. The first-order valence-corrected chi connectivity index (χ1v) is 9.81. The van der Waals surface area contributed by atoms with Gasteiger partial charge in [0.15, 0.2) is 0 Å². The number of nitrogens with two attached hydrogens (primary N) is 1. The fourth-order valence-electron chi connectivity index (χ4n) is 3.21. The average Bonchev–Trinajstić information content (AvgIpc) is 3.16. The molecule has 0 bridgehead atoms. The fraction of sp³-hybridized carbons (Fsp3) is 0.174. The van der Waals surface area contributed by atoms with Gasteiger partial charge in [0.25, 0.3) is 5.91 Å². The van der Waals surface area contributed by atoms with Gasteiger partial charge in [-0.2, -0.15) is 0 Å². The lowest BCUT2D eigenvalue weighted by molar-refractivity contribution is 0.0380. The first-order valence-electron chi connectivity index (χ1n) is 9.81. The van der Waals surface area contributed by atoms with Crippen LogP contribution < -0.4 is 16.0 Å². The normalized spacial score (nSPS) is 15.5. The summed E-state index contributed by atoms with van der Waals surface area (Å²) in [7, 11) is 0. The SMILES string of the molecule is Nc1ccccc1NC(=O)c1ccc(N2CC(COCc3cccnc3)OC2=O)cc1. The highest BCUT2D eigenvalue weighted by molar-refractivity contribution is 6.06. The number of aromatic nitrogens is 1. The molecule has 4 rings (SSSR count). The first kappa shape index (κ1) is 20.4. The molecule has 2 aromatic carbocycles. The highest BCUT2D eigenvalue weighted by atomic mass is 16.6. The Bertz CT molecular complexity index is 1060. The second-order valence-corrected chi connectivity index (χ2v) is 7.08. The number of anilines is 3. The topological polar surface area (TPSA) is 107 Å². The minimum Gasteiger partial charge on any atom is -0.441 e. The molecular formula is C23H22N4O4. The summed E-state index contributed by atoms with van der Waals surface area (Å²) in [6.07, 6.45) is 2.63. The quantitative estimate of drug-likeness (QED) is 0.569. The standard InChI is InChI=1S/C23H22N4O4/c24-20-5-1-2-6-21(20)26-22(28)17-7-9-18(10-8-17)27-13-19(31-23(27)29)15-30-14-16-4-3-11-25-12-16/h1-12,19H,13-15,24H2,(H,26,28). The van der Waals surface area contributed by atoms with Crippen molar-refractivity contribution in [3.63, 3.8) is 0 Å². The van der Waals surface area contributed by atoms with E-state index in [9.17, 15) is 9.59 Å². The Balaban J connectivity index is 1.32. The summed E-state index contributed by atoms with van der Waals surface area (Å²) in [6.45, 7) is 1.06. The number of nitrogen functional groups attached to an aromatic ring is 1. The van der Waals surface area contributed by atoms with Gasteiger partial charge in [-0.3, -0.25) is 14.7 Å². The van der Waals surface area contributed by atoms with Crippen LogP contribution in [0.5, 0.6) is 0 Å². The number of hydrogen-bond acceptors (Lipinski definition) is 6. The van der Waals surface area contributed by atoms with E-state index in [0.717, 1.165) is 5.56 Å². The van der Waals surface area contributed by atoms with E-state index in [4.69, 9.17) is 15.2 Å². The number of benzene rings is 2. The lowest BCUT2D eigenvalue weighted by Gasteiger charge is -2.14. The molecular weight excluding hydrogens is 396 g/mol. The number of para-hydroxylation sites is 2. The molecule has 1 fully saturated rings. The molecule has 0 radical (unpaired) electrons. The summed E-state index contributed by atoms with van der Waals surface area (Å²) >= 11 is 0. The Hall–Kier alpha value is -3.91. The zero-order chi connectivity index (χ0) is 21.6. The van der Waals surface area contributed by atoms with Crippen molar-refractivity contribution >= 4 is 29.1 Å². The van der Waals surface area contributed by atoms with E-state index >= 15 is 0 Å². The van der Waals surface area contributed by atoms with Gasteiger partial charge in [-0.15, -0.1) is 0 Å². The van der Waals surface area contributed by atoms with Crippen LogP contribution in [0.15, 0.2) is 73.1 Å². The van der Waals surface area contributed by atoms with Crippen molar-refractivity contribution in [1.29, 1.82) is 0 Å². The number of hydrogen-bond donors (Lipinski definition) is 2. The van der Waals surface area contributed by atoms with Crippen LogP contribution in [-0.4, -0.2) is 36.2 Å². The predicted molar refractivity (Wildman–Crippen MR) is 117 cm³/mol. The second-order valence-electron chi connectivity index (χ2n) is 7.08. The smallest absolute Gasteiger partial charge is 0.414 e.